The van der Waals surface area contributed by atoms with Crippen LogP contribution >= 0.6 is 0 Å². The molecule has 0 atom stereocenters. The van der Waals surface area contributed by atoms with Gasteiger partial charge >= 0.3 is 6.03 Å². The maximum absolute atomic E-state index is 12.9. The maximum atomic E-state index is 12.9. The number of Topliss-reactive ketones (excluding diaryl/α,β-unsaturated/α-hetero) is 1. The average Bonchev–Trinajstić information content (AvgIpc) is 2.86. The minimum Gasteiger partial charge on any atom is -0.369 e. The van der Waals surface area contributed by atoms with Crippen molar-refractivity contribution in [1.82, 2.24) is 14.9 Å². The van der Waals surface area contributed by atoms with Gasteiger partial charge in [-0.3, -0.25) is 14.6 Å². The van der Waals surface area contributed by atoms with E-state index in [0.717, 1.165) is 54.4 Å². The lowest BCUT2D eigenvalue weighted by molar-refractivity contribution is -0.118. The normalized spacial score (nSPS) is 13.8. The molecular weight excluding hydrogens is 454 g/mol. The third kappa shape index (κ3) is 6.17. The average molecular weight is 488 g/mol. The van der Waals surface area contributed by atoms with Crippen LogP contribution in [0.4, 0.5) is 33.5 Å². The van der Waals surface area contributed by atoms with Crippen molar-refractivity contribution in [3.63, 3.8) is 0 Å². The van der Waals surface area contributed by atoms with Gasteiger partial charge in [0, 0.05) is 56.4 Å². The first-order valence-electron chi connectivity index (χ1n) is 12.1. The van der Waals surface area contributed by atoms with Gasteiger partial charge in [-0.05, 0) is 56.2 Å². The predicted molar refractivity (Wildman–Crippen MR) is 144 cm³/mol. The van der Waals surface area contributed by atoms with Gasteiger partial charge in [-0.25, -0.2) is 14.8 Å². The van der Waals surface area contributed by atoms with Crippen molar-refractivity contribution >= 4 is 40.5 Å². The number of para-hydroxylation sites is 1. The summed E-state index contributed by atoms with van der Waals surface area (Å²) in [6.07, 6.45) is 1.44. The Labute approximate surface area is 212 Å². The van der Waals surface area contributed by atoms with Gasteiger partial charge in [0.25, 0.3) is 0 Å². The highest BCUT2D eigenvalue weighted by molar-refractivity contribution is 6.01. The standard InChI is InChI=1S/C27H33N7O2/c1-19-6-5-7-20(2)26(19)31-27(36)32(4)25-16-24(28-18-29-25)30-22-8-10-23(11-9-22)34-14-12-33(13-15-34)17-21(3)35/h5-11,16,18H,12-15,17H2,1-4H3,(H,31,36)(H,28,29,30). The van der Waals surface area contributed by atoms with E-state index < -0.39 is 0 Å². The number of amides is 2. The van der Waals surface area contributed by atoms with Crippen LogP contribution in [-0.2, 0) is 4.79 Å². The first-order valence-corrected chi connectivity index (χ1v) is 12.1. The Bertz CT molecular complexity index is 1200. The molecule has 0 aliphatic carbocycles. The Balaban J connectivity index is 1.37. The number of piperazine rings is 1. The number of carbonyl (C=O) groups excluding carboxylic acids is 2. The van der Waals surface area contributed by atoms with Gasteiger partial charge in [0.05, 0.1) is 6.54 Å². The molecule has 1 fully saturated rings. The van der Waals surface area contributed by atoms with E-state index in [1.54, 1.807) is 20.0 Å². The maximum Gasteiger partial charge on any atom is 0.327 e. The lowest BCUT2D eigenvalue weighted by atomic mass is 10.1. The summed E-state index contributed by atoms with van der Waals surface area (Å²) >= 11 is 0. The Hall–Kier alpha value is -3.98. The van der Waals surface area contributed by atoms with E-state index in [1.165, 1.54) is 11.2 Å². The molecule has 36 heavy (non-hydrogen) atoms. The van der Waals surface area contributed by atoms with E-state index in [4.69, 9.17) is 0 Å². The summed E-state index contributed by atoms with van der Waals surface area (Å²) in [5.41, 5.74) is 4.85. The smallest absolute Gasteiger partial charge is 0.327 e. The number of nitrogens with one attached hydrogen (secondary N) is 2. The Morgan fingerprint density at radius 1 is 0.972 bits per heavy atom. The summed E-state index contributed by atoms with van der Waals surface area (Å²) < 4.78 is 0. The van der Waals surface area contributed by atoms with Crippen molar-refractivity contribution < 1.29 is 9.59 Å². The van der Waals surface area contributed by atoms with Gasteiger partial charge in [0.1, 0.15) is 23.7 Å². The number of hydrogen-bond acceptors (Lipinski definition) is 7. The fourth-order valence-corrected chi connectivity index (χ4v) is 4.29. The minimum absolute atomic E-state index is 0.208. The number of aromatic nitrogens is 2. The van der Waals surface area contributed by atoms with Crippen molar-refractivity contribution in [1.29, 1.82) is 0 Å². The second-order valence-electron chi connectivity index (χ2n) is 9.15. The van der Waals surface area contributed by atoms with Crippen LogP contribution in [-0.4, -0.2) is 66.5 Å². The van der Waals surface area contributed by atoms with Gasteiger partial charge in [0.15, 0.2) is 0 Å². The Morgan fingerprint density at radius 2 is 1.64 bits per heavy atom. The van der Waals surface area contributed by atoms with Crippen LogP contribution in [0.5, 0.6) is 0 Å². The monoisotopic (exact) mass is 487 g/mol. The second kappa shape index (κ2) is 11.2. The van der Waals surface area contributed by atoms with E-state index in [-0.39, 0.29) is 11.8 Å². The molecular formula is C27H33N7O2. The molecule has 3 aromatic rings. The molecule has 4 rings (SSSR count). The zero-order valence-electron chi connectivity index (χ0n) is 21.3. The van der Waals surface area contributed by atoms with Gasteiger partial charge in [-0.2, -0.15) is 0 Å². The van der Waals surface area contributed by atoms with Gasteiger partial charge in [0.2, 0.25) is 0 Å². The largest absolute Gasteiger partial charge is 0.369 e. The highest BCUT2D eigenvalue weighted by Crippen LogP contribution is 2.24. The van der Waals surface area contributed by atoms with Crippen molar-refractivity contribution in [3.8, 4) is 0 Å². The molecule has 0 saturated carbocycles. The molecule has 1 saturated heterocycles. The van der Waals surface area contributed by atoms with E-state index in [1.807, 2.05) is 44.2 Å². The van der Waals surface area contributed by atoms with Crippen LogP contribution in [0, 0.1) is 13.8 Å². The van der Waals surface area contributed by atoms with E-state index in [2.05, 4.69) is 42.5 Å². The molecule has 2 heterocycles. The molecule has 2 amide bonds. The van der Waals surface area contributed by atoms with E-state index in [9.17, 15) is 9.59 Å². The predicted octanol–water partition coefficient (Wildman–Crippen LogP) is 4.22. The van der Waals surface area contributed by atoms with Gasteiger partial charge in [-0.1, -0.05) is 18.2 Å². The molecule has 2 N–H and O–H groups in total. The second-order valence-corrected chi connectivity index (χ2v) is 9.15. The van der Waals surface area contributed by atoms with E-state index >= 15 is 0 Å². The zero-order chi connectivity index (χ0) is 25.7. The number of nitrogens with zero attached hydrogens (tertiary/aromatic N) is 5. The third-order valence-corrected chi connectivity index (χ3v) is 6.34. The first-order chi connectivity index (χ1) is 17.3. The lowest BCUT2D eigenvalue weighted by Crippen LogP contribution is -2.47. The van der Waals surface area contributed by atoms with Crippen molar-refractivity contribution in [3.05, 3.63) is 66.0 Å². The molecule has 0 radical (unpaired) electrons. The molecule has 0 spiro atoms. The van der Waals surface area contributed by atoms with Crippen LogP contribution in [0.2, 0.25) is 0 Å². The highest BCUT2D eigenvalue weighted by Gasteiger charge is 2.18. The molecule has 2 aromatic carbocycles. The number of carbonyl (C=O) groups is 2. The number of benzene rings is 2. The van der Waals surface area contributed by atoms with E-state index in [0.29, 0.717) is 18.2 Å². The van der Waals surface area contributed by atoms with Gasteiger partial charge in [-0.15, -0.1) is 0 Å². The number of anilines is 5. The minimum atomic E-state index is -0.273. The molecule has 0 unspecified atom stereocenters. The Kier molecular flexibility index (Phi) is 7.80. The molecule has 1 aromatic heterocycles. The van der Waals surface area contributed by atoms with Crippen molar-refractivity contribution in [2.45, 2.75) is 20.8 Å². The topological polar surface area (TPSA) is 93.7 Å². The van der Waals surface area contributed by atoms with Crippen LogP contribution in [0.1, 0.15) is 18.1 Å². The summed E-state index contributed by atoms with van der Waals surface area (Å²) in [7, 11) is 1.68. The number of urea groups is 1. The molecule has 188 valence electrons. The fraction of sp³-hybridized carbons (Fsp3) is 0.333. The summed E-state index contributed by atoms with van der Waals surface area (Å²) in [5.74, 6) is 1.29. The summed E-state index contributed by atoms with van der Waals surface area (Å²) in [4.78, 5) is 38.8. The summed E-state index contributed by atoms with van der Waals surface area (Å²) in [6, 6.07) is 15.5. The fourth-order valence-electron chi connectivity index (χ4n) is 4.29. The van der Waals surface area contributed by atoms with Crippen LogP contribution < -0.4 is 20.4 Å². The molecule has 1 aliphatic heterocycles. The number of ketones is 1. The van der Waals surface area contributed by atoms with Crippen LogP contribution in [0.25, 0.3) is 0 Å². The molecule has 9 nitrogen and oxygen atoms in total. The number of hydrogen-bond donors (Lipinski definition) is 2. The molecule has 0 bridgehead atoms. The quantitative estimate of drug-likeness (QED) is 0.515. The number of aryl methyl sites for hydroxylation is 2. The van der Waals surface area contributed by atoms with Crippen molar-refractivity contribution in [2.24, 2.45) is 0 Å². The molecule has 1 aliphatic rings. The molecule has 9 heteroatoms. The lowest BCUT2D eigenvalue weighted by Gasteiger charge is -2.35. The van der Waals surface area contributed by atoms with Crippen LogP contribution in [0.3, 0.4) is 0 Å². The van der Waals surface area contributed by atoms with Crippen LogP contribution in [0.15, 0.2) is 54.9 Å². The van der Waals surface area contributed by atoms with Crippen molar-refractivity contribution in [2.75, 3.05) is 60.2 Å². The zero-order valence-corrected chi connectivity index (χ0v) is 21.3. The van der Waals surface area contributed by atoms with Gasteiger partial charge < -0.3 is 15.5 Å². The summed E-state index contributed by atoms with van der Waals surface area (Å²) in [6.45, 7) is 9.65. The number of rotatable bonds is 7. The summed E-state index contributed by atoms with van der Waals surface area (Å²) in [5, 5.41) is 6.27. The Morgan fingerprint density at radius 3 is 2.28 bits per heavy atom. The third-order valence-electron chi connectivity index (χ3n) is 6.34. The highest BCUT2D eigenvalue weighted by atomic mass is 16.2. The SMILES string of the molecule is CC(=O)CN1CCN(c2ccc(Nc3cc(N(C)C(=O)Nc4c(C)cccc4C)ncn3)cc2)CC1. The first kappa shape index (κ1) is 25.1.